The second-order valence-corrected chi connectivity index (χ2v) is 6.57. The van der Waals surface area contributed by atoms with E-state index in [9.17, 15) is 10.2 Å². The van der Waals surface area contributed by atoms with Crippen LogP contribution in [0.15, 0.2) is 69.6 Å². The molecule has 2 atom stereocenters. The lowest BCUT2D eigenvalue weighted by atomic mass is 10.0. The van der Waals surface area contributed by atoms with E-state index < -0.39 is 12.2 Å². The predicted molar refractivity (Wildman–Crippen MR) is 92.0 cm³/mol. The van der Waals surface area contributed by atoms with E-state index in [0.29, 0.717) is 6.42 Å². The summed E-state index contributed by atoms with van der Waals surface area (Å²) in [5.41, 5.74) is 1.67. The quantitative estimate of drug-likeness (QED) is 0.685. The molecule has 0 aromatic heterocycles. The Hall–Kier alpha value is -0.940. The van der Waals surface area contributed by atoms with E-state index in [4.69, 9.17) is 0 Å². The van der Waals surface area contributed by atoms with Gasteiger partial charge in [-0.2, -0.15) is 0 Å². The normalized spacial score (nSPS) is 14.3. The van der Waals surface area contributed by atoms with E-state index in [0.717, 1.165) is 20.1 Å². The molecule has 0 fully saturated rings. The Morgan fingerprint density at radius 3 is 2.10 bits per heavy atom. The van der Waals surface area contributed by atoms with E-state index in [1.54, 1.807) is 12.2 Å². The molecule has 0 aliphatic heterocycles. The van der Waals surface area contributed by atoms with Crippen molar-refractivity contribution in [2.24, 2.45) is 0 Å². The van der Waals surface area contributed by atoms with Crippen LogP contribution in [0.3, 0.4) is 0 Å². The smallest absolute Gasteiger partial charge is 0.0972 e. The molecular formula is C17H16Br2O2. The van der Waals surface area contributed by atoms with Crippen LogP contribution in [0.25, 0.3) is 0 Å². The summed E-state index contributed by atoms with van der Waals surface area (Å²) >= 11 is 6.77. The largest absolute Gasteiger partial charge is 0.388 e. The maximum atomic E-state index is 10.1. The van der Waals surface area contributed by atoms with Crippen LogP contribution in [0.1, 0.15) is 29.8 Å². The minimum absolute atomic E-state index is 0.460. The lowest BCUT2D eigenvalue weighted by Crippen LogP contribution is -1.97. The van der Waals surface area contributed by atoms with Crippen molar-refractivity contribution in [1.29, 1.82) is 0 Å². The molecule has 2 nitrogen and oxygen atoms in total. The van der Waals surface area contributed by atoms with Gasteiger partial charge in [-0.3, -0.25) is 0 Å². The van der Waals surface area contributed by atoms with E-state index >= 15 is 0 Å². The van der Waals surface area contributed by atoms with E-state index in [-0.39, 0.29) is 0 Å². The van der Waals surface area contributed by atoms with Crippen LogP contribution in [0.4, 0.5) is 0 Å². The topological polar surface area (TPSA) is 40.5 Å². The molecule has 0 saturated carbocycles. The number of benzene rings is 2. The Labute approximate surface area is 141 Å². The zero-order chi connectivity index (χ0) is 15.2. The summed E-state index contributed by atoms with van der Waals surface area (Å²) in [5, 5.41) is 20.2. The number of aliphatic hydroxyl groups is 2. The van der Waals surface area contributed by atoms with Crippen molar-refractivity contribution in [2.75, 3.05) is 0 Å². The van der Waals surface area contributed by atoms with Gasteiger partial charge in [0.1, 0.15) is 0 Å². The summed E-state index contributed by atoms with van der Waals surface area (Å²) in [5.74, 6) is 0. The standard InChI is InChI=1S/C17H16Br2O2/c18-14-6-1-4-12(10-14)16(20)8-3-9-17(21)13-5-2-7-15(19)11-13/h1-8,10-11,16-17,20-21H,9H2/b8-3+. The predicted octanol–water partition coefficient (Wildman–Crippen LogP) is 4.92. The molecule has 4 heteroatoms. The van der Waals surface area contributed by atoms with Gasteiger partial charge in [0.15, 0.2) is 0 Å². The van der Waals surface area contributed by atoms with Gasteiger partial charge in [0.05, 0.1) is 12.2 Å². The molecule has 2 aromatic carbocycles. The molecule has 0 aliphatic rings. The van der Waals surface area contributed by atoms with Crippen LogP contribution in [0.2, 0.25) is 0 Å². The van der Waals surface area contributed by atoms with Crippen molar-refractivity contribution in [1.82, 2.24) is 0 Å². The van der Waals surface area contributed by atoms with Gasteiger partial charge in [0.2, 0.25) is 0 Å². The van der Waals surface area contributed by atoms with Crippen LogP contribution >= 0.6 is 31.9 Å². The second-order valence-electron chi connectivity index (χ2n) is 4.73. The SMILES string of the molecule is OC(/C=C/CC(O)c1cccc(Br)c1)c1cccc(Br)c1. The average Bonchev–Trinajstić information content (AvgIpc) is 2.47. The van der Waals surface area contributed by atoms with Crippen molar-refractivity contribution in [2.45, 2.75) is 18.6 Å². The molecule has 0 spiro atoms. The average molecular weight is 412 g/mol. The molecule has 0 radical (unpaired) electrons. The van der Waals surface area contributed by atoms with Crippen LogP contribution in [0.5, 0.6) is 0 Å². The fourth-order valence-corrected chi connectivity index (χ4v) is 2.82. The molecule has 0 saturated heterocycles. The van der Waals surface area contributed by atoms with Gasteiger partial charge in [-0.15, -0.1) is 0 Å². The highest BCUT2D eigenvalue weighted by Gasteiger charge is 2.07. The van der Waals surface area contributed by atoms with Gasteiger partial charge in [-0.25, -0.2) is 0 Å². The third kappa shape index (κ3) is 5.08. The first kappa shape index (κ1) is 16.4. The van der Waals surface area contributed by atoms with Gasteiger partial charge >= 0.3 is 0 Å². The van der Waals surface area contributed by atoms with Crippen LogP contribution in [-0.2, 0) is 0 Å². The molecule has 21 heavy (non-hydrogen) atoms. The Morgan fingerprint density at radius 2 is 1.48 bits per heavy atom. The van der Waals surface area contributed by atoms with Crippen LogP contribution < -0.4 is 0 Å². The first-order chi connectivity index (χ1) is 10.1. The molecule has 2 rings (SSSR count). The maximum Gasteiger partial charge on any atom is 0.0972 e. The fraction of sp³-hybridized carbons (Fsp3) is 0.176. The number of hydrogen-bond acceptors (Lipinski definition) is 2. The molecule has 0 amide bonds. The Kier molecular flexibility index (Phi) is 6.18. The molecular weight excluding hydrogens is 396 g/mol. The summed E-state index contributed by atoms with van der Waals surface area (Å²) in [4.78, 5) is 0. The lowest BCUT2D eigenvalue weighted by Gasteiger charge is -2.10. The molecule has 0 heterocycles. The second kappa shape index (κ2) is 7.90. The molecule has 2 unspecified atom stereocenters. The molecule has 0 bridgehead atoms. The van der Waals surface area contributed by atoms with Gasteiger partial charge in [0, 0.05) is 8.95 Å². The van der Waals surface area contributed by atoms with Gasteiger partial charge in [-0.1, -0.05) is 68.3 Å². The van der Waals surface area contributed by atoms with Gasteiger partial charge in [-0.05, 0) is 41.8 Å². The van der Waals surface area contributed by atoms with Crippen molar-refractivity contribution in [3.05, 3.63) is 80.8 Å². The maximum absolute atomic E-state index is 10.1. The summed E-state index contributed by atoms with van der Waals surface area (Å²) < 4.78 is 1.87. The highest BCUT2D eigenvalue weighted by molar-refractivity contribution is 9.10. The number of rotatable bonds is 5. The van der Waals surface area contributed by atoms with E-state index in [2.05, 4.69) is 31.9 Å². The van der Waals surface area contributed by atoms with E-state index in [1.807, 2.05) is 48.5 Å². The highest BCUT2D eigenvalue weighted by atomic mass is 79.9. The third-order valence-corrected chi connectivity index (χ3v) is 4.09. The molecule has 0 aliphatic carbocycles. The number of hydrogen-bond donors (Lipinski definition) is 2. The lowest BCUT2D eigenvalue weighted by molar-refractivity contribution is 0.180. The van der Waals surface area contributed by atoms with E-state index in [1.165, 1.54) is 0 Å². The van der Waals surface area contributed by atoms with Crippen LogP contribution in [-0.4, -0.2) is 10.2 Å². The highest BCUT2D eigenvalue weighted by Crippen LogP contribution is 2.23. The fourth-order valence-electron chi connectivity index (χ4n) is 1.99. The molecule has 110 valence electrons. The van der Waals surface area contributed by atoms with Crippen molar-refractivity contribution < 1.29 is 10.2 Å². The monoisotopic (exact) mass is 410 g/mol. The summed E-state index contributed by atoms with van der Waals surface area (Å²) in [6, 6.07) is 15.1. The van der Waals surface area contributed by atoms with Crippen molar-refractivity contribution >= 4 is 31.9 Å². The summed E-state index contributed by atoms with van der Waals surface area (Å²) in [6.07, 6.45) is 2.72. The summed E-state index contributed by atoms with van der Waals surface area (Å²) in [6.45, 7) is 0. The van der Waals surface area contributed by atoms with Crippen LogP contribution in [0, 0.1) is 0 Å². The molecule has 2 N–H and O–H groups in total. The minimum Gasteiger partial charge on any atom is -0.388 e. The Morgan fingerprint density at radius 1 is 0.905 bits per heavy atom. The zero-order valence-corrected chi connectivity index (χ0v) is 14.5. The minimum atomic E-state index is -0.669. The Bertz CT molecular complexity index is 626. The third-order valence-electron chi connectivity index (χ3n) is 3.10. The summed E-state index contributed by atoms with van der Waals surface area (Å²) in [7, 11) is 0. The van der Waals surface area contributed by atoms with Gasteiger partial charge < -0.3 is 10.2 Å². The first-order valence-corrected chi connectivity index (χ1v) is 8.18. The Balaban J connectivity index is 1.95. The number of halogens is 2. The van der Waals surface area contributed by atoms with Crippen molar-refractivity contribution in [3.8, 4) is 0 Å². The van der Waals surface area contributed by atoms with Gasteiger partial charge in [0.25, 0.3) is 0 Å². The van der Waals surface area contributed by atoms with Crippen molar-refractivity contribution in [3.63, 3.8) is 0 Å². The zero-order valence-electron chi connectivity index (χ0n) is 11.3. The first-order valence-electron chi connectivity index (χ1n) is 6.60. The molecule has 2 aromatic rings. The number of aliphatic hydroxyl groups excluding tert-OH is 2.